The molecule has 0 spiro atoms. The molecule has 2 amide bonds. The van der Waals surface area contributed by atoms with Gasteiger partial charge in [-0.25, -0.2) is 4.79 Å². The van der Waals surface area contributed by atoms with E-state index in [4.69, 9.17) is 15.2 Å². The Bertz CT molecular complexity index is 527. The molecule has 0 bridgehead atoms. The Kier molecular flexibility index (Phi) is 6.88. The van der Waals surface area contributed by atoms with Crippen LogP contribution in [-0.2, 0) is 25.5 Å². The van der Waals surface area contributed by atoms with E-state index in [0.29, 0.717) is 5.75 Å². The predicted molar refractivity (Wildman–Crippen MR) is 79.1 cm³/mol. The summed E-state index contributed by atoms with van der Waals surface area (Å²) >= 11 is 0. The van der Waals surface area contributed by atoms with Gasteiger partial charge in [-0.05, 0) is 31.5 Å². The van der Waals surface area contributed by atoms with Crippen molar-refractivity contribution in [3.05, 3.63) is 29.8 Å². The van der Waals surface area contributed by atoms with Crippen molar-refractivity contribution >= 4 is 17.8 Å². The normalized spacial score (nSPS) is 11.4. The minimum atomic E-state index is -0.728. The molecule has 0 aromatic heterocycles. The van der Waals surface area contributed by atoms with E-state index in [0.717, 1.165) is 5.56 Å². The minimum Gasteiger partial charge on any atom is -0.484 e. The van der Waals surface area contributed by atoms with Gasteiger partial charge in [-0.15, -0.1) is 0 Å². The third-order valence-electron chi connectivity index (χ3n) is 2.69. The number of hydrogen-bond acceptors (Lipinski definition) is 5. The van der Waals surface area contributed by atoms with Crippen LogP contribution >= 0.6 is 0 Å². The number of nitrogens with two attached hydrogens (primary N) is 1. The molecule has 0 radical (unpaired) electrons. The van der Waals surface area contributed by atoms with Gasteiger partial charge in [-0.2, -0.15) is 0 Å². The van der Waals surface area contributed by atoms with E-state index in [-0.39, 0.29) is 19.6 Å². The fraction of sp³-hybridized carbons (Fsp3) is 0.400. The number of esters is 1. The van der Waals surface area contributed by atoms with Crippen molar-refractivity contribution in [1.82, 2.24) is 5.32 Å². The second-order valence-electron chi connectivity index (χ2n) is 4.62. The maximum Gasteiger partial charge on any atom is 0.328 e. The number of carbonyl (C=O) groups excluding carboxylic acids is 3. The number of benzene rings is 1. The summed E-state index contributed by atoms with van der Waals surface area (Å²) in [6.07, 6.45) is 0.151. The van der Waals surface area contributed by atoms with Gasteiger partial charge < -0.3 is 20.5 Å². The number of rotatable bonds is 8. The molecule has 1 aromatic rings. The number of primary amides is 1. The highest BCUT2D eigenvalue weighted by atomic mass is 16.5. The van der Waals surface area contributed by atoms with Crippen molar-refractivity contribution in [2.24, 2.45) is 5.73 Å². The molecular weight excluding hydrogens is 288 g/mol. The number of ether oxygens (including phenoxy) is 2. The summed E-state index contributed by atoms with van der Waals surface area (Å²) in [7, 11) is 0. The molecule has 0 saturated heterocycles. The number of carbonyl (C=O) groups is 3. The van der Waals surface area contributed by atoms with Crippen LogP contribution < -0.4 is 15.8 Å². The second kappa shape index (κ2) is 8.66. The van der Waals surface area contributed by atoms with E-state index in [1.165, 1.54) is 6.92 Å². The van der Waals surface area contributed by atoms with Crippen molar-refractivity contribution in [2.45, 2.75) is 26.3 Å². The zero-order valence-electron chi connectivity index (χ0n) is 12.6. The van der Waals surface area contributed by atoms with Crippen molar-refractivity contribution in [3.8, 4) is 5.75 Å². The van der Waals surface area contributed by atoms with Gasteiger partial charge >= 0.3 is 5.97 Å². The fourth-order valence-corrected chi connectivity index (χ4v) is 1.66. The summed E-state index contributed by atoms with van der Waals surface area (Å²) in [5, 5.41) is 2.47. The monoisotopic (exact) mass is 308 g/mol. The first-order valence-electron chi connectivity index (χ1n) is 6.88. The Hall–Kier alpha value is -2.57. The van der Waals surface area contributed by atoms with E-state index in [1.54, 1.807) is 31.2 Å². The Morgan fingerprint density at radius 2 is 1.86 bits per heavy atom. The van der Waals surface area contributed by atoms with Crippen molar-refractivity contribution in [2.75, 3.05) is 13.2 Å². The lowest BCUT2D eigenvalue weighted by atomic mass is 10.1. The van der Waals surface area contributed by atoms with Crippen LogP contribution in [0.15, 0.2) is 24.3 Å². The van der Waals surface area contributed by atoms with Crippen LogP contribution in [0.5, 0.6) is 5.75 Å². The maximum atomic E-state index is 11.6. The summed E-state index contributed by atoms with van der Waals surface area (Å²) in [6, 6.07) is 5.94. The predicted octanol–water partition coefficient (Wildman–Crippen LogP) is 0.161. The molecule has 1 aromatic carbocycles. The molecule has 1 rings (SSSR count). The molecule has 0 aliphatic heterocycles. The Morgan fingerprint density at radius 1 is 1.23 bits per heavy atom. The first-order chi connectivity index (χ1) is 10.4. The van der Waals surface area contributed by atoms with E-state index in [2.05, 4.69) is 5.32 Å². The molecular formula is C15H20N2O5. The van der Waals surface area contributed by atoms with Crippen molar-refractivity contribution < 1.29 is 23.9 Å². The average molecular weight is 308 g/mol. The quantitative estimate of drug-likeness (QED) is 0.665. The molecule has 0 aliphatic carbocycles. The largest absolute Gasteiger partial charge is 0.484 e. The highest BCUT2D eigenvalue weighted by molar-refractivity contribution is 5.84. The third kappa shape index (κ3) is 6.25. The zero-order valence-corrected chi connectivity index (χ0v) is 12.6. The maximum absolute atomic E-state index is 11.6. The lowest BCUT2D eigenvalue weighted by molar-refractivity contribution is -0.147. The van der Waals surface area contributed by atoms with E-state index in [9.17, 15) is 14.4 Å². The molecule has 1 atom stereocenters. The van der Waals surface area contributed by atoms with Gasteiger partial charge in [0.1, 0.15) is 11.8 Å². The Morgan fingerprint density at radius 3 is 2.41 bits per heavy atom. The van der Waals surface area contributed by atoms with Gasteiger partial charge in [0.05, 0.1) is 13.0 Å². The Labute approximate surface area is 128 Å². The molecule has 22 heavy (non-hydrogen) atoms. The van der Waals surface area contributed by atoms with Crippen LogP contribution in [-0.4, -0.2) is 37.0 Å². The first-order valence-corrected chi connectivity index (χ1v) is 6.88. The summed E-state index contributed by atoms with van der Waals surface area (Å²) in [5.74, 6) is -0.860. The number of hydrogen-bond donors (Lipinski definition) is 2. The van der Waals surface area contributed by atoms with E-state index >= 15 is 0 Å². The van der Waals surface area contributed by atoms with Gasteiger partial charge in [0.2, 0.25) is 5.91 Å². The van der Waals surface area contributed by atoms with E-state index in [1.807, 2.05) is 0 Å². The molecule has 0 saturated carbocycles. The van der Waals surface area contributed by atoms with Gasteiger partial charge in [-0.3, -0.25) is 9.59 Å². The average Bonchev–Trinajstić information content (AvgIpc) is 2.46. The van der Waals surface area contributed by atoms with Crippen LogP contribution in [0.1, 0.15) is 19.4 Å². The molecule has 3 N–H and O–H groups in total. The van der Waals surface area contributed by atoms with Crippen molar-refractivity contribution in [1.29, 1.82) is 0 Å². The topological polar surface area (TPSA) is 108 Å². The fourth-order valence-electron chi connectivity index (χ4n) is 1.66. The van der Waals surface area contributed by atoms with Crippen LogP contribution in [0.2, 0.25) is 0 Å². The first kappa shape index (κ1) is 17.5. The molecule has 120 valence electrons. The van der Waals surface area contributed by atoms with E-state index < -0.39 is 23.8 Å². The molecule has 7 heteroatoms. The van der Waals surface area contributed by atoms with Gasteiger partial charge in [0, 0.05) is 0 Å². The highest BCUT2D eigenvalue weighted by Gasteiger charge is 2.16. The van der Waals surface area contributed by atoms with Crippen molar-refractivity contribution in [3.63, 3.8) is 0 Å². The Balaban J connectivity index is 2.40. The lowest BCUT2D eigenvalue weighted by Gasteiger charge is -2.13. The second-order valence-corrected chi connectivity index (χ2v) is 4.62. The standard InChI is InChI=1S/C15H20N2O5/c1-3-21-15(20)10(2)17-14(19)9-22-12-6-4-11(5-7-12)8-13(16)18/h4-7,10H,3,8-9H2,1-2H3,(H2,16,18)(H,17,19). The molecule has 0 aliphatic rings. The van der Waals surface area contributed by atoms with Gasteiger partial charge in [0.15, 0.2) is 6.61 Å². The third-order valence-corrected chi connectivity index (χ3v) is 2.69. The number of amides is 2. The van der Waals surface area contributed by atoms with Crippen LogP contribution in [0.25, 0.3) is 0 Å². The minimum absolute atomic E-state index is 0.151. The SMILES string of the molecule is CCOC(=O)C(C)NC(=O)COc1ccc(CC(N)=O)cc1. The molecule has 7 nitrogen and oxygen atoms in total. The summed E-state index contributed by atoms with van der Waals surface area (Å²) in [5.41, 5.74) is 5.86. The summed E-state index contributed by atoms with van der Waals surface area (Å²) in [6.45, 7) is 3.26. The summed E-state index contributed by atoms with van der Waals surface area (Å²) < 4.78 is 10.1. The highest BCUT2D eigenvalue weighted by Crippen LogP contribution is 2.12. The van der Waals surface area contributed by atoms with Crippen LogP contribution in [0, 0.1) is 0 Å². The van der Waals surface area contributed by atoms with Gasteiger partial charge in [0.25, 0.3) is 5.91 Å². The lowest BCUT2D eigenvalue weighted by Crippen LogP contribution is -2.41. The van der Waals surface area contributed by atoms with Gasteiger partial charge in [-0.1, -0.05) is 12.1 Å². The van der Waals surface area contributed by atoms with Crippen LogP contribution in [0.4, 0.5) is 0 Å². The summed E-state index contributed by atoms with van der Waals surface area (Å²) in [4.78, 5) is 33.8. The molecule has 0 fully saturated rings. The number of nitrogens with one attached hydrogen (secondary N) is 1. The molecule has 1 unspecified atom stereocenters. The smallest absolute Gasteiger partial charge is 0.328 e. The molecule has 0 heterocycles. The van der Waals surface area contributed by atoms with Crippen LogP contribution in [0.3, 0.4) is 0 Å². The zero-order chi connectivity index (χ0) is 16.5.